The minimum atomic E-state index is -0.0853. The molecule has 0 N–H and O–H groups in total. The molecule has 5 rings (SSSR count). The predicted octanol–water partition coefficient (Wildman–Crippen LogP) is 10.6. The first-order valence-corrected chi connectivity index (χ1v) is 17.2. The van der Waals surface area contributed by atoms with Gasteiger partial charge in [0.1, 0.15) is 11.4 Å². The van der Waals surface area contributed by atoms with Crippen molar-refractivity contribution in [2.24, 2.45) is 21.7 Å². The van der Waals surface area contributed by atoms with Crippen LogP contribution in [0.25, 0.3) is 0 Å². The number of rotatable bonds is 4. The summed E-state index contributed by atoms with van der Waals surface area (Å²) < 4.78 is 26.2. The molecule has 0 bridgehead atoms. The zero-order chi connectivity index (χ0) is 34.9. The second kappa shape index (κ2) is 16.5. The first-order valence-electron chi connectivity index (χ1n) is 17.2. The van der Waals surface area contributed by atoms with Gasteiger partial charge in [0.25, 0.3) is 0 Å². The van der Waals surface area contributed by atoms with Crippen molar-refractivity contribution in [3.8, 4) is 5.75 Å². The van der Waals surface area contributed by atoms with Gasteiger partial charge in [-0.15, -0.1) is 0 Å². The van der Waals surface area contributed by atoms with E-state index >= 15 is 0 Å². The number of ether oxygens (including phenoxy) is 5. The molecule has 262 valence electrons. The molecule has 1 aromatic carbocycles. The molecule has 0 spiro atoms. The molecule has 3 saturated heterocycles. The molecule has 0 aromatic heterocycles. The molecular weight excluding hydrogens is 560 g/mol. The summed E-state index contributed by atoms with van der Waals surface area (Å²) in [6.07, 6.45) is 7.52. The molecule has 0 radical (unpaired) electrons. The monoisotopic (exact) mass is 633 g/mol. The van der Waals surface area contributed by atoms with Crippen molar-refractivity contribution in [2.45, 2.75) is 160 Å². The van der Waals surface area contributed by atoms with E-state index in [-0.39, 0.29) is 11.2 Å². The van der Waals surface area contributed by atoms with E-state index in [1.165, 1.54) is 43.1 Å². The molecule has 3 heterocycles. The van der Waals surface area contributed by atoms with Crippen molar-refractivity contribution in [1.82, 2.24) is 0 Å². The van der Waals surface area contributed by atoms with Gasteiger partial charge >= 0.3 is 0 Å². The van der Waals surface area contributed by atoms with Crippen molar-refractivity contribution in [2.75, 3.05) is 26.4 Å². The van der Waals surface area contributed by atoms with E-state index in [0.717, 1.165) is 32.2 Å². The van der Waals surface area contributed by atoms with Gasteiger partial charge in [-0.2, -0.15) is 0 Å². The lowest BCUT2D eigenvalue weighted by Crippen LogP contribution is -2.51. The second-order valence-electron chi connectivity index (χ2n) is 18.3. The second-order valence-corrected chi connectivity index (χ2v) is 18.3. The number of aryl methyl sites for hydroxylation is 2. The first-order chi connectivity index (χ1) is 20.3. The summed E-state index contributed by atoms with van der Waals surface area (Å²) in [5.74, 6) is 1.01. The van der Waals surface area contributed by atoms with Crippen LogP contribution in [0.4, 0.5) is 0 Å². The summed E-state index contributed by atoms with van der Waals surface area (Å²) in [6, 6.07) is 6.42. The maximum atomic E-state index is 5.77. The minimum Gasteiger partial charge on any atom is -0.496 e. The van der Waals surface area contributed by atoms with Gasteiger partial charge in [-0.1, -0.05) is 81.9 Å². The van der Waals surface area contributed by atoms with Crippen LogP contribution in [0, 0.1) is 21.7 Å². The van der Waals surface area contributed by atoms with E-state index in [9.17, 15) is 0 Å². The summed E-state index contributed by atoms with van der Waals surface area (Å²) in [5, 5.41) is 0. The SMILES string of the molecule is C=COC(C)(C)C.CC(C)(C)C1CO1.CC(C)(C)CC1CO1.CC(C)(C)Oc1ccc2c(c1)CC2.CCC1(C(C)(C)C)COC1. The normalized spacial score (nSPS) is 21.0. The van der Waals surface area contributed by atoms with Crippen LogP contribution in [0.5, 0.6) is 5.75 Å². The van der Waals surface area contributed by atoms with E-state index < -0.39 is 0 Å². The topological polar surface area (TPSA) is 52.8 Å². The van der Waals surface area contributed by atoms with Crippen molar-refractivity contribution in [3.05, 3.63) is 42.2 Å². The third kappa shape index (κ3) is 17.8. The fourth-order valence-corrected chi connectivity index (χ4v) is 4.77. The number of hydrogen-bond acceptors (Lipinski definition) is 5. The number of fused-ring (bicyclic) bond motifs is 1. The van der Waals surface area contributed by atoms with Crippen LogP contribution >= 0.6 is 0 Å². The van der Waals surface area contributed by atoms with Crippen molar-refractivity contribution >= 4 is 0 Å². The Morgan fingerprint density at radius 1 is 0.800 bits per heavy atom. The van der Waals surface area contributed by atoms with Crippen LogP contribution in [0.3, 0.4) is 0 Å². The zero-order valence-corrected chi connectivity index (χ0v) is 32.4. The summed E-state index contributed by atoms with van der Waals surface area (Å²) in [5.41, 5.74) is 4.54. The smallest absolute Gasteiger partial charge is 0.120 e. The Kier molecular flexibility index (Phi) is 15.2. The van der Waals surface area contributed by atoms with Gasteiger partial charge in [0, 0.05) is 5.41 Å². The molecule has 2 unspecified atom stereocenters. The van der Waals surface area contributed by atoms with Gasteiger partial charge in [-0.3, -0.25) is 0 Å². The van der Waals surface area contributed by atoms with E-state index in [0.29, 0.717) is 33.9 Å². The van der Waals surface area contributed by atoms with Gasteiger partial charge in [-0.25, -0.2) is 0 Å². The zero-order valence-electron chi connectivity index (χ0n) is 32.4. The largest absolute Gasteiger partial charge is 0.496 e. The fourth-order valence-electron chi connectivity index (χ4n) is 4.77. The maximum Gasteiger partial charge on any atom is 0.120 e. The van der Waals surface area contributed by atoms with Crippen LogP contribution in [0.2, 0.25) is 0 Å². The molecular formula is C40H72O5. The van der Waals surface area contributed by atoms with Crippen LogP contribution < -0.4 is 4.74 Å². The molecule has 3 aliphatic heterocycles. The van der Waals surface area contributed by atoms with Gasteiger partial charge in [0.15, 0.2) is 0 Å². The Morgan fingerprint density at radius 2 is 1.33 bits per heavy atom. The van der Waals surface area contributed by atoms with E-state index in [1.807, 2.05) is 20.8 Å². The van der Waals surface area contributed by atoms with Gasteiger partial charge in [0.05, 0.1) is 50.5 Å². The summed E-state index contributed by atoms with van der Waals surface area (Å²) >= 11 is 0. The Balaban J connectivity index is 0.000000288. The van der Waals surface area contributed by atoms with Crippen molar-refractivity contribution in [3.63, 3.8) is 0 Å². The highest BCUT2D eigenvalue weighted by Crippen LogP contribution is 2.47. The molecule has 4 aliphatic rings. The predicted molar refractivity (Wildman–Crippen MR) is 191 cm³/mol. The summed E-state index contributed by atoms with van der Waals surface area (Å²) in [7, 11) is 0. The van der Waals surface area contributed by atoms with Crippen molar-refractivity contribution in [1.29, 1.82) is 0 Å². The Bertz CT molecular complexity index is 990. The highest BCUT2D eigenvalue weighted by molar-refractivity contribution is 5.41. The average Bonchev–Trinajstić information content (AvgIpc) is 3.67. The molecule has 2 atom stereocenters. The number of epoxide rings is 2. The molecule has 3 fully saturated rings. The molecule has 0 amide bonds. The van der Waals surface area contributed by atoms with E-state index in [2.05, 4.69) is 115 Å². The Labute approximate surface area is 279 Å². The van der Waals surface area contributed by atoms with Gasteiger partial charge < -0.3 is 23.7 Å². The minimum absolute atomic E-state index is 0.0677. The van der Waals surface area contributed by atoms with Gasteiger partial charge in [-0.05, 0) is 107 Å². The Hall–Kier alpha value is -1.56. The fraction of sp³-hybridized carbons (Fsp3) is 0.800. The molecule has 1 aliphatic carbocycles. The summed E-state index contributed by atoms with van der Waals surface area (Å²) in [4.78, 5) is 0. The lowest BCUT2D eigenvalue weighted by Gasteiger charge is -2.50. The molecule has 45 heavy (non-hydrogen) atoms. The molecule has 5 heteroatoms. The highest BCUT2D eigenvalue weighted by atomic mass is 16.6. The van der Waals surface area contributed by atoms with Crippen LogP contribution in [0.1, 0.15) is 135 Å². The summed E-state index contributed by atoms with van der Waals surface area (Å²) in [6.45, 7) is 42.0. The average molecular weight is 633 g/mol. The van der Waals surface area contributed by atoms with Crippen LogP contribution in [-0.2, 0) is 31.8 Å². The lowest BCUT2D eigenvalue weighted by atomic mass is 9.64. The molecule has 0 saturated carbocycles. The number of benzene rings is 1. The standard InChI is InChI=1S/C12H16O.C9H18O.C7H14O.2C6H12O/c1-12(2,3)13-11-7-6-9-4-5-10(9)8-11;1-5-9(6-10-7-9)8(2,3)4;1-7(2,3)4-6-5-8-6;1-6(2,3)5-4-7-5;1-5-7-6(2,3)4/h6-8H,4-5H2,1-3H3;5-7H2,1-4H3;6H,4-5H2,1-3H3;5H,4H2,1-3H3;5H,1H2,2-4H3. The third-order valence-electron chi connectivity index (χ3n) is 8.27. The van der Waals surface area contributed by atoms with Crippen LogP contribution in [-0.4, -0.2) is 49.8 Å². The van der Waals surface area contributed by atoms with Crippen LogP contribution in [0.15, 0.2) is 31.0 Å². The van der Waals surface area contributed by atoms with Gasteiger partial charge in [0.2, 0.25) is 0 Å². The molecule has 5 nitrogen and oxygen atoms in total. The molecule has 1 aromatic rings. The van der Waals surface area contributed by atoms with E-state index in [4.69, 9.17) is 23.7 Å². The maximum absolute atomic E-state index is 5.77. The Morgan fingerprint density at radius 3 is 1.49 bits per heavy atom. The third-order valence-corrected chi connectivity index (χ3v) is 8.27. The first kappa shape index (κ1) is 41.5. The van der Waals surface area contributed by atoms with Crippen molar-refractivity contribution < 1.29 is 23.7 Å². The number of hydrogen-bond donors (Lipinski definition) is 0. The lowest BCUT2D eigenvalue weighted by molar-refractivity contribution is -0.171. The quantitative estimate of drug-likeness (QED) is 0.244. The van der Waals surface area contributed by atoms with E-state index in [1.54, 1.807) is 0 Å². The highest BCUT2D eigenvalue weighted by Gasteiger charge is 2.46.